The van der Waals surface area contributed by atoms with E-state index in [-0.39, 0.29) is 41.7 Å². The van der Waals surface area contributed by atoms with Crippen LogP contribution in [0.5, 0.6) is 11.5 Å². The molecule has 0 spiro atoms. The Bertz CT molecular complexity index is 1520. The van der Waals surface area contributed by atoms with E-state index in [0.717, 1.165) is 30.6 Å². The van der Waals surface area contributed by atoms with Gasteiger partial charge in [0.25, 0.3) is 5.91 Å². The molecule has 0 unspecified atom stereocenters. The summed E-state index contributed by atoms with van der Waals surface area (Å²) in [5.41, 5.74) is 2.54. The number of piperidine rings is 1. The molecule has 2 fully saturated rings. The van der Waals surface area contributed by atoms with Crippen molar-refractivity contribution in [3.05, 3.63) is 71.8 Å². The second kappa shape index (κ2) is 12.9. The molecule has 1 aliphatic carbocycles. The molecule has 10 heteroatoms. The van der Waals surface area contributed by atoms with E-state index < -0.39 is 17.6 Å². The molecule has 1 saturated heterocycles. The van der Waals surface area contributed by atoms with Gasteiger partial charge in [0.2, 0.25) is 5.91 Å². The Morgan fingerprint density at radius 1 is 1.07 bits per heavy atom. The fourth-order valence-electron chi connectivity index (χ4n) is 6.37. The minimum atomic E-state index is -0.706. The third-order valence-electron chi connectivity index (χ3n) is 8.70. The molecule has 6 rings (SSSR count). The predicted molar refractivity (Wildman–Crippen MR) is 163 cm³/mol. The Kier molecular flexibility index (Phi) is 8.81. The molecule has 0 aromatic heterocycles. The number of benzene rings is 3. The van der Waals surface area contributed by atoms with E-state index in [1.165, 1.54) is 19.2 Å². The van der Waals surface area contributed by atoms with Gasteiger partial charge in [-0.15, -0.1) is 0 Å². The van der Waals surface area contributed by atoms with Crippen molar-refractivity contribution >= 4 is 23.2 Å². The van der Waals surface area contributed by atoms with Gasteiger partial charge in [0.1, 0.15) is 23.1 Å². The largest absolute Gasteiger partial charge is 0.497 e. The average molecular weight is 606 g/mol. The number of carbonyl (C=O) groups is 2. The van der Waals surface area contributed by atoms with Crippen molar-refractivity contribution < 1.29 is 32.6 Å². The maximum absolute atomic E-state index is 15.0. The van der Waals surface area contributed by atoms with Gasteiger partial charge in [0.15, 0.2) is 6.61 Å². The normalized spacial score (nSPS) is 19.7. The fraction of sp³-hybridized carbons (Fsp3) is 0.412. The molecule has 2 aliphatic heterocycles. The van der Waals surface area contributed by atoms with Crippen LogP contribution in [-0.2, 0) is 14.3 Å². The van der Waals surface area contributed by atoms with E-state index in [1.54, 1.807) is 30.2 Å². The summed E-state index contributed by atoms with van der Waals surface area (Å²) < 4.78 is 45.9. The second-order valence-corrected chi connectivity index (χ2v) is 11.6. The average Bonchev–Trinajstić information content (AvgIpc) is 3.87. The number of rotatable bonds is 10. The molecule has 44 heavy (non-hydrogen) atoms. The molecule has 232 valence electrons. The van der Waals surface area contributed by atoms with E-state index in [0.29, 0.717) is 49.5 Å². The molecule has 2 amide bonds. The van der Waals surface area contributed by atoms with Gasteiger partial charge < -0.3 is 29.3 Å². The highest BCUT2D eigenvalue weighted by Gasteiger charge is 2.41. The Morgan fingerprint density at radius 3 is 2.59 bits per heavy atom. The number of amides is 2. The summed E-state index contributed by atoms with van der Waals surface area (Å²) >= 11 is 0. The number of ether oxygens (including phenoxy) is 3. The van der Waals surface area contributed by atoms with Crippen LogP contribution in [0.3, 0.4) is 0 Å². The molecular weight excluding hydrogens is 568 g/mol. The molecule has 0 bridgehead atoms. The van der Waals surface area contributed by atoms with Crippen molar-refractivity contribution in [3.8, 4) is 22.6 Å². The zero-order chi connectivity index (χ0) is 30.8. The highest BCUT2D eigenvalue weighted by molar-refractivity contribution is 6.01. The first-order valence-corrected chi connectivity index (χ1v) is 15.1. The Balaban J connectivity index is 1.31. The smallest absolute Gasteiger partial charge is 0.265 e. The van der Waals surface area contributed by atoms with Crippen LogP contribution in [-0.4, -0.2) is 64.9 Å². The molecule has 1 N–H and O–H groups in total. The minimum Gasteiger partial charge on any atom is -0.497 e. The van der Waals surface area contributed by atoms with E-state index in [9.17, 15) is 18.4 Å². The quantitative estimate of drug-likeness (QED) is 0.317. The zero-order valence-corrected chi connectivity index (χ0v) is 25.0. The summed E-state index contributed by atoms with van der Waals surface area (Å²) in [6.45, 7) is 2.20. The molecule has 0 radical (unpaired) electrons. The van der Waals surface area contributed by atoms with Gasteiger partial charge in [-0.05, 0) is 67.5 Å². The molecule has 3 aromatic rings. The van der Waals surface area contributed by atoms with E-state index in [2.05, 4.69) is 5.32 Å². The maximum atomic E-state index is 15.0. The van der Waals surface area contributed by atoms with Crippen LogP contribution in [0.2, 0.25) is 0 Å². The van der Waals surface area contributed by atoms with Gasteiger partial charge in [-0.1, -0.05) is 24.3 Å². The van der Waals surface area contributed by atoms with Gasteiger partial charge >= 0.3 is 0 Å². The summed E-state index contributed by atoms with van der Waals surface area (Å²) in [7, 11) is 3.00. The van der Waals surface area contributed by atoms with Gasteiger partial charge in [-0.2, -0.15) is 0 Å². The van der Waals surface area contributed by atoms with Gasteiger partial charge in [-0.25, -0.2) is 8.78 Å². The number of hydrogen-bond acceptors (Lipinski definition) is 6. The Hall–Kier alpha value is -4.02. The molecule has 2 heterocycles. The Morgan fingerprint density at radius 2 is 1.86 bits per heavy atom. The highest BCUT2D eigenvalue weighted by atomic mass is 19.1. The number of hydrogen-bond donors (Lipinski definition) is 1. The lowest BCUT2D eigenvalue weighted by molar-refractivity contribution is -0.123. The number of halogens is 2. The second-order valence-electron chi connectivity index (χ2n) is 11.6. The van der Waals surface area contributed by atoms with Crippen molar-refractivity contribution in [2.45, 2.75) is 37.6 Å². The molecule has 2 atom stereocenters. The minimum absolute atomic E-state index is 0.00847. The number of methoxy groups -OCH3 is 2. The van der Waals surface area contributed by atoms with Crippen molar-refractivity contribution in [3.63, 3.8) is 0 Å². The fourth-order valence-corrected chi connectivity index (χ4v) is 6.37. The molecule has 8 nitrogen and oxygen atoms in total. The van der Waals surface area contributed by atoms with Crippen molar-refractivity contribution in [2.75, 3.05) is 56.9 Å². The summed E-state index contributed by atoms with van der Waals surface area (Å²) in [5.74, 6) is -1.37. The standard InChI is InChI=1S/C34H37F2N3O5/c1-42-14-4-13-38-30-16-24(9-10-31(30)44-20-32(38)40)39(23-7-8-23)34(41)27-19-37-12-11-26(27)21-5-3-6-22(15-21)33-28(35)17-25(43-2)18-29(33)36/h3,5-6,9-10,15-18,23,26-27,37H,4,7-8,11-14,19-20H2,1-2H3/t26-,27+/m1/s1. The summed E-state index contributed by atoms with van der Waals surface area (Å²) in [6, 6.07) is 15.2. The number of nitrogens with one attached hydrogen (secondary N) is 1. The monoisotopic (exact) mass is 605 g/mol. The van der Waals surface area contributed by atoms with Gasteiger partial charge in [0.05, 0.1) is 24.3 Å². The third-order valence-corrected chi connectivity index (χ3v) is 8.70. The van der Waals surface area contributed by atoms with Crippen LogP contribution in [0.4, 0.5) is 20.2 Å². The summed E-state index contributed by atoms with van der Waals surface area (Å²) in [4.78, 5) is 30.8. The van der Waals surface area contributed by atoms with Crippen molar-refractivity contribution in [1.29, 1.82) is 0 Å². The third kappa shape index (κ3) is 6.01. The topological polar surface area (TPSA) is 80.3 Å². The first-order valence-electron chi connectivity index (χ1n) is 15.1. The SMILES string of the molecule is COCCCN1C(=O)COc2ccc(N(C(=O)[C@H]3CNCC[C@@H]3c3cccc(-c4c(F)cc(OC)cc4F)c3)C3CC3)cc21. The number of fused-ring (bicyclic) bond motifs is 1. The Labute approximate surface area is 255 Å². The maximum Gasteiger partial charge on any atom is 0.265 e. The van der Waals surface area contributed by atoms with Gasteiger partial charge in [-0.3, -0.25) is 9.59 Å². The van der Waals surface area contributed by atoms with Crippen LogP contribution in [0, 0.1) is 17.6 Å². The van der Waals surface area contributed by atoms with E-state index in [1.807, 2.05) is 29.2 Å². The molecule has 3 aliphatic rings. The lowest BCUT2D eigenvalue weighted by Crippen LogP contribution is -2.47. The molecule has 1 saturated carbocycles. The van der Waals surface area contributed by atoms with Crippen LogP contribution in [0.25, 0.3) is 11.1 Å². The first kappa shape index (κ1) is 30.0. The van der Waals surface area contributed by atoms with Crippen molar-refractivity contribution in [2.24, 2.45) is 5.92 Å². The lowest BCUT2D eigenvalue weighted by Gasteiger charge is -2.36. The number of anilines is 2. The molecule has 3 aromatic carbocycles. The van der Waals surface area contributed by atoms with Crippen LogP contribution in [0.15, 0.2) is 54.6 Å². The van der Waals surface area contributed by atoms with E-state index in [4.69, 9.17) is 14.2 Å². The summed E-state index contributed by atoms with van der Waals surface area (Å²) in [6.07, 6.45) is 3.17. The van der Waals surface area contributed by atoms with Crippen LogP contribution in [0.1, 0.15) is 37.2 Å². The van der Waals surface area contributed by atoms with Crippen molar-refractivity contribution in [1.82, 2.24) is 5.32 Å². The summed E-state index contributed by atoms with van der Waals surface area (Å²) in [5, 5.41) is 3.38. The first-order chi connectivity index (χ1) is 21.4. The van der Waals surface area contributed by atoms with Gasteiger partial charge in [0, 0.05) is 50.7 Å². The molecular formula is C34H37F2N3O5. The van der Waals surface area contributed by atoms with Crippen LogP contribution < -0.4 is 24.6 Å². The highest BCUT2D eigenvalue weighted by Crippen LogP contribution is 2.42. The lowest BCUT2D eigenvalue weighted by atomic mass is 9.79. The van der Waals surface area contributed by atoms with E-state index >= 15 is 0 Å². The number of nitrogens with zero attached hydrogens (tertiary/aromatic N) is 2. The predicted octanol–water partition coefficient (Wildman–Crippen LogP) is 5.29. The van der Waals surface area contributed by atoms with Crippen LogP contribution >= 0.6 is 0 Å². The number of carbonyl (C=O) groups excluding carboxylic acids is 2. The zero-order valence-electron chi connectivity index (χ0n) is 25.0.